The van der Waals surface area contributed by atoms with Crippen LogP contribution >= 0.6 is 0 Å². The minimum Gasteiger partial charge on any atom is -0.379 e. The van der Waals surface area contributed by atoms with Crippen molar-refractivity contribution in [3.05, 3.63) is 65.2 Å². The van der Waals surface area contributed by atoms with E-state index < -0.39 is 11.8 Å². The standard InChI is InChI=1S/C22H25N3O3/c26-21(22(27)25-9-8-19-6-1-2-7-20(19)25)23-15-17-4-3-5-18(14-17)16-24-10-12-28-13-11-24/h1-7,14H,8-13,15-16H2,(H,23,26). The molecular formula is C22H25N3O3. The Kier molecular flexibility index (Phi) is 5.69. The van der Waals surface area contributed by atoms with Crippen LogP contribution in [-0.4, -0.2) is 49.6 Å². The first-order valence-corrected chi connectivity index (χ1v) is 9.76. The van der Waals surface area contributed by atoms with Gasteiger partial charge >= 0.3 is 11.8 Å². The minimum absolute atomic E-state index is 0.344. The molecule has 0 saturated carbocycles. The summed E-state index contributed by atoms with van der Waals surface area (Å²) in [4.78, 5) is 28.9. The third-order valence-electron chi connectivity index (χ3n) is 5.28. The average molecular weight is 379 g/mol. The molecule has 146 valence electrons. The molecule has 1 fully saturated rings. The summed E-state index contributed by atoms with van der Waals surface area (Å²) in [5, 5.41) is 2.77. The van der Waals surface area contributed by atoms with Crippen LogP contribution in [0.3, 0.4) is 0 Å². The third kappa shape index (κ3) is 4.24. The maximum absolute atomic E-state index is 12.6. The number of hydrogen-bond donors (Lipinski definition) is 1. The van der Waals surface area contributed by atoms with Crippen molar-refractivity contribution >= 4 is 17.5 Å². The molecule has 4 rings (SSSR count). The quantitative estimate of drug-likeness (QED) is 0.822. The predicted octanol–water partition coefficient (Wildman–Crippen LogP) is 1.72. The molecule has 0 aliphatic carbocycles. The van der Waals surface area contributed by atoms with Crippen molar-refractivity contribution < 1.29 is 14.3 Å². The zero-order chi connectivity index (χ0) is 19.3. The number of nitrogens with one attached hydrogen (secondary N) is 1. The highest BCUT2D eigenvalue weighted by molar-refractivity contribution is 6.40. The Bertz CT molecular complexity index is 862. The number of carbonyl (C=O) groups is 2. The second-order valence-corrected chi connectivity index (χ2v) is 7.23. The molecule has 0 aromatic heterocycles. The Morgan fingerprint density at radius 3 is 2.61 bits per heavy atom. The Hall–Kier alpha value is -2.70. The molecule has 2 amide bonds. The topological polar surface area (TPSA) is 61.9 Å². The Morgan fingerprint density at radius 1 is 0.964 bits per heavy atom. The lowest BCUT2D eigenvalue weighted by Gasteiger charge is -2.26. The number of anilines is 1. The van der Waals surface area contributed by atoms with E-state index in [1.165, 1.54) is 5.56 Å². The molecule has 0 atom stereocenters. The summed E-state index contributed by atoms with van der Waals surface area (Å²) in [6, 6.07) is 15.9. The van der Waals surface area contributed by atoms with E-state index in [0.717, 1.165) is 56.1 Å². The number of nitrogens with zero attached hydrogens (tertiary/aromatic N) is 2. The minimum atomic E-state index is -0.560. The molecule has 6 heteroatoms. The maximum Gasteiger partial charge on any atom is 0.316 e. The van der Waals surface area contributed by atoms with Gasteiger partial charge in [0.25, 0.3) is 0 Å². The van der Waals surface area contributed by atoms with Crippen LogP contribution in [0.25, 0.3) is 0 Å². The first kappa shape index (κ1) is 18.7. The van der Waals surface area contributed by atoms with E-state index in [4.69, 9.17) is 4.74 Å². The Morgan fingerprint density at radius 2 is 1.75 bits per heavy atom. The van der Waals surface area contributed by atoms with E-state index in [1.807, 2.05) is 36.4 Å². The lowest BCUT2D eigenvalue weighted by molar-refractivity contribution is -0.137. The van der Waals surface area contributed by atoms with Crippen molar-refractivity contribution in [2.75, 3.05) is 37.7 Å². The summed E-state index contributed by atoms with van der Waals surface area (Å²) >= 11 is 0. The van der Waals surface area contributed by atoms with Gasteiger partial charge in [-0.2, -0.15) is 0 Å². The zero-order valence-corrected chi connectivity index (χ0v) is 15.9. The van der Waals surface area contributed by atoms with Gasteiger partial charge in [0.05, 0.1) is 13.2 Å². The molecule has 2 aliphatic rings. The summed E-state index contributed by atoms with van der Waals surface area (Å²) in [6.45, 7) is 5.20. The molecule has 0 unspecified atom stereocenters. The van der Waals surface area contributed by atoms with Gasteiger partial charge in [0.15, 0.2) is 0 Å². The van der Waals surface area contributed by atoms with Gasteiger partial charge in [-0.15, -0.1) is 0 Å². The monoisotopic (exact) mass is 379 g/mol. The number of carbonyl (C=O) groups excluding carboxylic acids is 2. The van der Waals surface area contributed by atoms with E-state index >= 15 is 0 Å². The largest absolute Gasteiger partial charge is 0.379 e. The predicted molar refractivity (Wildman–Crippen MR) is 107 cm³/mol. The van der Waals surface area contributed by atoms with Gasteiger partial charge in [0, 0.05) is 38.4 Å². The fraction of sp³-hybridized carbons (Fsp3) is 0.364. The van der Waals surface area contributed by atoms with E-state index in [1.54, 1.807) is 4.90 Å². The molecule has 1 saturated heterocycles. The van der Waals surface area contributed by atoms with Crippen molar-refractivity contribution in [2.24, 2.45) is 0 Å². The van der Waals surface area contributed by atoms with Crippen LogP contribution in [0.4, 0.5) is 5.69 Å². The third-order valence-corrected chi connectivity index (χ3v) is 5.28. The summed E-state index contributed by atoms with van der Waals surface area (Å²) in [7, 11) is 0. The first-order valence-electron chi connectivity index (χ1n) is 9.76. The fourth-order valence-electron chi connectivity index (χ4n) is 3.79. The highest BCUT2D eigenvalue weighted by Gasteiger charge is 2.28. The number of amides is 2. The summed E-state index contributed by atoms with van der Waals surface area (Å²) in [5.74, 6) is -1.05. The maximum atomic E-state index is 12.6. The highest BCUT2D eigenvalue weighted by atomic mass is 16.5. The van der Waals surface area contributed by atoms with Crippen molar-refractivity contribution in [3.63, 3.8) is 0 Å². The van der Waals surface area contributed by atoms with Crippen molar-refractivity contribution in [1.29, 1.82) is 0 Å². The Labute approximate surface area is 165 Å². The number of benzene rings is 2. The van der Waals surface area contributed by atoms with Crippen molar-refractivity contribution in [2.45, 2.75) is 19.5 Å². The van der Waals surface area contributed by atoms with Gasteiger partial charge < -0.3 is 15.0 Å². The van der Waals surface area contributed by atoms with Gasteiger partial charge in [0.1, 0.15) is 0 Å². The van der Waals surface area contributed by atoms with Gasteiger partial charge in [-0.05, 0) is 29.2 Å². The number of para-hydroxylation sites is 1. The van der Waals surface area contributed by atoms with Crippen LogP contribution in [-0.2, 0) is 33.8 Å². The van der Waals surface area contributed by atoms with Crippen LogP contribution in [0, 0.1) is 0 Å². The summed E-state index contributed by atoms with van der Waals surface area (Å²) < 4.78 is 5.39. The van der Waals surface area contributed by atoms with Crippen LogP contribution in [0.1, 0.15) is 16.7 Å². The van der Waals surface area contributed by atoms with Crippen molar-refractivity contribution in [1.82, 2.24) is 10.2 Å². The molecule has 0 radical (unpaired) electrons. The van der Waals surface area contributed by atoms with E-state index in [9.17, 15) is 9.59 Å². The summed E-state index contributed by atoms with van der Waals surface area (Å²) in [5.41, 5.74) is 4.15. The number of ether oxygens (including phenoxy) is 1. The smallest absolute Gasteiger partial charge is 0.316 e. The molecule has 2 aromatic rings. The molecule has 2 aliphatic heterocycles. The number of morpholine rings is 1. The SMILES string of the molecule is O=C(NCc1cccc(CN2CCOCC2)c1)C(=O)N1CCc2ccccc21. The zero-order valence-electron chi connectivity index (χ0n) is 15.9. The van der Waals surface area contributed by atoms with E-state index in [-0.39, 0.29) is 0 Å². The number of rotatable bonds is 4. The number of hydrogen-bond acceptors (Lipinski definition) is 4. The average Bonchev–Trinajstić information content (AvgIpc) is 3.16. The van der Waals surface area contributed by atoms with Crippen LogP contribution in [0.5, 0.6) is 0 Å². The molecule has 2 heterocycles. The van der Waals surface area contributed by atoms with Gasteiger partial charge in [-0.3, -0.25) is 14.5 Å². The normalized spacial score (nSPS) is 16.6. The molecule has 0 bridgehead atoms. The van der Waals surface area contributed by atoms with Gasteiger partial charge in [-0.25, -0.2) is 0 Å². The number of fused-ring (bicyclic) bond motifs is 1. The second-order valence-electron chi connectivity index (χ2n) is 7.23. The summed E-state index contributed by atoms with van der Waals surface area (Å²) in [6.07, 6.45) is 0.790. The Balaban J connectivity index is 1.33. The molecule has 2 aromatic carbocycles. The second kappa shape index (κ2) is 8.54. The first-order chi connectivity index (χ1) is 13.7. The molecule has 28 heavy (non-hydrogen) atoms. The molecule has 1 N–H and O–H groups in total. The highest BCUT2D eigenvalue weighted by Crippen LogP contribution is 2.27. The van der Waals surface area contributed by atoms with Crippen LogP contribution < -0.4 is 10.2 Å². The molecule has 6 nitrogen and oxygen atoms in total. The van der Waals surface area contributed by atoms with E-state index in [2.05, 4.69) is 22.3 Å². The lowest BCUT2D eigenvalue weighted by atomic mass is 10.1. The van der Waals surface area contributed by atoms with Crippen LogP contribution in [0.15, 0.2) is 48.5 Å². The van der Waals surface area contributed by atoms with Crippen LogP contribution in [0.2, 0.25) is 0 Å². The van der Waals surface area contributed by atoms with Crippen molar-refractivity contribution in [3.8, 4) is 0 Å². The fourth-order valence-corrected chi connectivity index (χ4v) is 3.79. The van der Waals surface area contributed by atoms with E-state index in [0.29, 0.717) is 13.1 Å². The van der Waals surface area contributed by atoms with Gasteiger partial charge in [-0.1, -0.05) is 42.5 Å². The lowest BCUT2D eigenvalue weighted by Crippen LogP contribution is -2.42. The van der Waals surface area contributed by atoms with Gasteiger partial charge in [0.2, 0.25) is 0 Å². The molecular weight excluding hydrogens is 354 g/mol. The molecule has 0 spiro atoms.